The summed E-state index contributed by atoms with van der Waals surface area (Å²) in [5.74, 6) is -1.17. The van der Waals surface area contributed by atoms with E-state index in [1.807, 2.05) is 0 Å². The van der Waals surface area contributed by atoms with E-state index < -0.39 is 11.6 Å². The van der Waals surface area contributed by atoms with Crippen molar-refractivity contribution >= 4 is 29.7 Å². The van der Waals surface area contributed by atoms with Crippen LogP contribution in [0.5, 0.6) is 0 Å². The van der Waals surface area contributed by atoms with Gasteiger partial charge in [-0.25, -0.2) is 13.8 Å². The summed E-state index contributed by atoms with van der Waals surface area (Å²) in [6.07, 6.45) is 0.827. The molecule has 0 aliphatic carbocycles. The minimum atomic E-state index is -0.560. The Morgan fingerprint density at radius 2 is 1.88 bits per heavy atom. The zero-order valence-corrected chi connectivity index (χ0v) is 14.6. The van der Waals surface area contributed by atoms with Gasteiger partial charge in [-0.2, -0.15) is 0 Å². The molecule has 1 aliphatic heterocycles. The molecule has 0 saturated carbocycles. The first-order valence-corrected chi connectivity index (χ1v) is 8.41. The Kier molecular flexibility index (Phi) is 6.65. The third-order valence-corrected chi connectivity index (χ3v) is 4.44. The maximum absolute atomic E-state index is 13.3. The fourth-order valence-electron chi connectivity index (χ4n) is 2.77. The van der Waals surface area contributed by atoms with Crippen molar-refractivity contribution < 1.29 is 13.6 Å². The lowest BCUT2D eigenvalue weighted by Crippen LogP contribution is -2.35. The van der Waals surface area contributed by atoms with Crippen molar-refractivity contribution in [3.63, 3.8) is 0 Å². The van der Waals surface area contributed by atoms with E-state index in [4.69, 9.17) is 0 Å². The van der Waals surface area contributed by atoms with Gasteiger partial charge in [0.1, 0.15) is 17.3 Å². The van der Waals surface area contributed by atoms with Crippen LogP contribution in [0.25, 0.3) is 0 Å². The molecule has 0 spiro atoms. The Bertz CT molecular complexity index is 664. The summed E-state index contributed by atoms with van der Waals surface area (Å²) in [5, 5.41) is 1.75. The highest BCUT2D eigenvalue weighted by atomic mass is 35.5. The van der Waals surface area contributed by atoms with Crippen LogP contribution < -0.4 is 0 Å². The molecule has 0 unspecified atom stereocenters. The fourth-order valence-corrected chi connectivity index (χ4v) is 3.30. The molecule has 1 aliphatic rings. The summed E-state index contributed by atoms with van der Waals surface area (Å²) >= 11 is 1.40. The molecule has 1 aromatic carbocycles. The number of amides is 1. The molecule has 0 radical (unpaired) electrons. The molecule has 2 heterocycles. The number of rotatable bonds is 3. The van der Waals surface area contributed by atoms with Gasteiger partial charge in [0.2, 0.25) is 0 Å². The Morgan fingerprint density at radius 1 is 1.12 bits per heavy atom. The van der Waals surface area contributed by atoms with Gasteiger partial charge in [0.25, 0.3) is 5.91 Å². The Morgan fingerprint density at radius 3 is 2.54 bits per heavy atom. The Hall–Kier alpha value is -1.57. The lowest BCUT2D eigenvalue weighted by Gasteiger charge is -2.21. The van der Waals surface area contributed by atoms with Crippen molar-refractivity contribution in [1.29, 1.82) is 0 Å². The first-order valence-electron chi connectivity index (χ1n) is 7.46. The normalized spacial score (nSPS) is 15.7. The van der Waals surface area contributed by atoms with Gasteiger partial charge >= 0.3 is 0 Å². The standard InChI is InChI=1S/C16H17F2N3OS.ClH/c17-13-6-12(7-14(18)8-13)9-20-2-1-3-21(5-4-20)16(22)15-10-23-11-19-15;/h6-8,10-11H,1-5,9H2;1H. The second-order valence-electron chi connectivity index (χ2n) is 5.57. The first-order chi connectivity index (χ1) is 11.1. The van der Waals surface area contributed by atoms with Crippen LogP contribution >= 0.6 is 23.7 Å². The Labute approximate surface area is 149 Å². The number of hydrogen-bond donors (Lipinski definition) is 0. The van der Waals surface area contributed by atoms with Crippen LogP contribution in [0.1, 0.15) is 22.5 Å². The zero-order valence-electron chi connectivity index (χ0n) is 13.0. The largest absolute Gasteiger partial charge is 0.336 e. The molecule has 3 rings (SSSR count). The highest BCUT2D eigenvalue weighted by Crippen LogP contribution is 2.14. The lowest BCUT2D eigenvalue weighted by molar-refractivity contribution is 0.0756. The van der Waals surface area contributed by atoms with Gasteiger partial charge in [0.15, 0.2) is 0 Å². The third-order valence-electron chi connectivity index (χ3n) is 3.86. The molecular formula is C16H18ClF2N3OS. The van der Waals surface area contributed by atoms with E-state index in [0.29, 0.717) is 37.4 Å². The van der Waals surface area contributed by atoms with Gasteiger partial charge in [-0.15, -0.1) is 23.7 Å². The van der Waals surface area contributed by atoms with Crippen molar-refractivity contribution in [3.05, 3.63) is 52.0 Å². The molecule has 4 nitrogen and oxygen atoms in total. The van der Waals surface area contributed by atoms with Crippen LogP contribution in [0.3, 0.4) is 0 Å². The second kappa shape index (κ2) is 8.50. The molecule has 1 aromatic heterocycles. The van der Waals surface area contributed by atoms with Crippen LogP contribution in [0.2, 0.25) is 0 Å². The van der Waals surface area contributed by atoms with E-state index in [0.717, 1.165) is 19.0 Å². The van der Waals surface area contributed by atoms with Gasteiger partial charge in [-0.05, 0) is 24.1 Å². The molecule has 0 bridgehead atoms. The van der Waals surface area contributed by atoms with Gasteiger partial charge in [-0.1, -0.05) is 0 Å². The van der Waals surface area contributed by atoms with Gasteiger partial charge < -0.3 is 4.90 Å². The summed E-state index contributed by atoms with van der Waals surface area (Å²) in [6.45, 7) is 3.21. The summed E-state index contributed by atoms with van der Waals surface area (Å²) in [7, 11) is 0. The smallest absolute Gasteiger partial charge is 0.273 e. The molecule has 0 atom stereocenters. The number of benzene rings is 1. The molecule has 1 amide bonds. The molecule has 0 N–H and O–H groups in total. The summed E-state index contributed by atoms with van der Waals surface area (Å²) in [5.41, 5.74) is 2.74. The fraction of sp³-hybridized carbons (Fsp3) is 0.375. The highest BCUT2D eigenvalue weighted by Gasteiger charge is 2.21. The van der Waals surface area contributed by atoms with E-state index in [1.165, 1.54) is 23.5 Å². The van der Waals surface area contributed by atoms with E-state index in [9.17, 15) is 13.6 Å². The van der Waals surface area contributed by atoms with Crippen molar-refractivity contribution in [2.24, 2.45) is 0 Å². The average Bonchev–Trinajstić information content (AvgIpc) is 2.93. The van der Waals surface area contributed by atoms with Gasteiger partial charge in [-0.3, -0.25) is 9.69 Å². The Balaban J connectivity index is 0.00000208. The molecule has 8 heteroatoms. The van der Waals surface area contributed by atoms with Crippen LogP contribution in [0, 0.1) is 11.6 Å². The quantitative estimate of drug-likeness (QED) is 0.829. The maximum atomic E-state index is 13.3. The summed E-state index contributed by atoms with van der Waals surface area (Å²) in [6, 6.07) is 3.58. The number of hydrogen-bond acceptors (Lipinski definition) is 4. The molecular weight excluding hydrogens is 356 g/mol. The average molecular weight is 374 g/mol. The number of halogens is 3. The predicted molar refractivity (Wildman–Crippen MR) is 91.5 cm³/mol. The van der Waals surface area contributed by atoms with Gasteiger partial charge in [0.05, 0.1) is 5.51 Å². The van der Waals surface area contributed by atoms with E-state index in [1.54, 1.807) is 15.8 Å². The third kappa shape index (κ3) is 4.72. The molecule has 1 fully saturated rings. The highest BCUT2D eigenvalue weighted by molar-refractivity contribution is 7.07. The molecule has 24 heavy (non-hydrogen) atoms. The van der Waals surface area contributed by atoms with E-state index >= 15 is 0 Å². The van der Waals surface area contributed by atoms with Crippen molar-refractivity contribution in [3.8, 4) is 0 Å². The number of aromatic nitrogens is 1. The minimum Gasteiger partial charge on any atom is -0.336 e. The van der Waals surface area contributed by atoms with Crippen molar-refractivity contribution in [2.75, 3.05) is 26.2 Å². The van der Waals surface area contributed by atoms with Crippen LogP contribution in [0.4, 0.5) is 8.78 Å². The number of thiazole rings is 1. The number of carbonyl (C=O) groups is 1. The first kappa shape index (κ1) is 18.8. The summed E-state index contributed by atoms with van der Waals surface area (Å²) < 4.78 is 26.5. The van der Waals surface area contributed by atoms with Crippen LogP contribution in [-0.4, -0.2) is 46.9 Å². The number of nitrogens with zero attached hydrogens (tertiary/aromatic N) is 3. The lowest BCUT2D eigenvalue weighted by atomic mass is 10.2. The molecule has 1 saturated heterocycles. The van der Waals surface area contributed by atoms with Crippen molar-refractivity contribution in [1.82, 2.24) is 14.8 Å². The predicted octanol–water partition coefficient (Wildman–Crippen LogP) is 3.19. The topological polar surface area (TPSA) is 36.4 Å². The monoisotopic (exact) mass is 373 g/mol. The van der Waals surface area contributed by atoms with Gasteiger partial charge in [0, 0.05) is 44.2 Å². The van der Waals surface area contributed by atoms with E-state index in [2.05, 4.69) is 9.88 Å². The SMILES string of the molecule is Cl.O=C(c1cscn1)N1CCCN(Cc2cc(F)cc(F)c2)CC1. The number of carbonyl (C=O) groups excluding carboxylic acids is 1. The minimum absolute atomic E-state index is 0. The second-order valence-corrected chi connectivity index (χ2v) is 6.29. The molecule has 130 valence electrons. The zero-order chi connectivity index (χ0) is 16.2. The van der Waals surface area contributed by atoms with Crippen LogP contribution in [0.15, 0.2) is 29.1 Å². The summed E-state index contributed by atoms with van der Waals surface area (Å²) in [4.78, 5) is 20.3. The van der Waals surface area contributed by atoms with E-state index in [-0.39, 0.29) is 18.3 Å². The van der Waals surface area contributed by atoms with Crippen molar-refractivity contribution in [2.45, 2.75) is 13.0 Å². The van der Waals surface area contributed by atoms with Crippen LogP contribution in [-0.2, 0) is 6.54 Å². The molecule has 2 aromatic rings. The maximum Gasteiger partial charge on any atom is 0.273 e.